The van der Waals surface area contributed by atoms with Gasteiger partial charge < -0.3 is 4.74 Å². The van der Waals surface area contributed by atoms with Crippen molar-refractivity contribution in [3.05, 3.63) is 34.9 Å². The number of methoxy groups -OCH3 is 1. The first kappa shape index (κ1) is 17.6. The molecule has 0 aliphatic rings. The van der Waals surface area contributed by atoms with E-state index in [0.29, 0.717) is 11.1 Å². The zero-order valence-corrected chi connectivity index (χ0v) is 13.1. The van der Waals surface area contributed by atoms with E-state index in [0.717, 1.165) is 5.56 Å². The lowest BCUT2D eigenvalue weighted by atomic mass is 9.85. The minimum atomic E-state index is -0.582. The van der Waals surface area contributed by atoms with Crippen LogP contribution in [0.2, 0.25) is 0 Å². The van der Waals surface area contributed by atoms with Crippen LogP contribution < -0.4 is 0 Å². The Kier molecular flexibility index (Phi) is 6.77. The van der Waals surface area contributed by atoms with Crippen LogP contribution in [0.4, 0.5) is 0 Å². The summed E-state index contributed by atoms with van der Waals surface area (Å²) in [6.07, 6.45) is 0. The lowest BCUT2D eigenvalue weighted by Crippen LogP contribution is -2.14. The Morgan fingerprint density at radius 2 is 1.53 bits per heavy atom. The predicted molar refractivity (Wildman–Crippen MR) is 78.0 cm³/mol. The summed E-state index contributed by atoms with van der Waals surface area (Å²) in [5.74, 6) is -0.477. The van der Waals surface area contributed by atoms with Crippen molar-refractivity contribution in [1.29, 1.82) is 0 Å². The van der Waals surface area contributed by atoms with Crippen molar-refractivity contribution >= 4 is 22.8 Å². The molecular weight excluding hydrogens is 264 g/mol. The summed E-state index contributed by atoms with van der Waals surface area (Å²) >= 11 is 5.45. The summed E-state index contributed by atoms with van der Waals surface area (Å²) in [5.41, 5.74) is 1.33. The molecule has 0 saturated carbocycles. The van der Waals surface area contributed by atoms with Gasteiger partial charge in [-0.1, -0.05) is 34.6 Å². The number of benzene rings is 1. The molecule has 0 atom stereocenters. The van der Waals surface area contributed by atoms with Crippen LogP contribution in [-0.4, -0.2) is 18.3 Å². The second kappa shape index (κ2) is 7.29. The molecule has 0 fully saturated rings. The van der Waals surface area contributed by atoms with Crippen LogP contribution >= 0.6 is 11.6 Å². The first-order valence-electron chi connectivity index (χ1n) is 6.19. The summed E-state index contributed by atoms with van der Waals surface area (Å²) in [5, 5.41) is -0.582. The molecule has 0 heterocycles. The van der Waals surface area contributed by atoms with Gasteiger partial charge in [-0.15, -0.1) is 0 Å². The largest absolute Gasteiger partial charge is 0.465 e. The monoisotopic (exact) mass is 284 g/mol. The Bertz CT molecular complexity index is 459. The number of ether oxygens (including phenoxy) is 1. The average Bonchev–Trinajstić information content (AvgIpc) is 2.38. The van der Waals surface area contributed by atoms with E-state index in [1.54, 1.807) is 12.1 Å². The van der Waals surface area contributed by atoms with E-state index in [2.05, 4.69) is 4.74 Å². The Morgan fingerprint density at radius 3 is 1.89 bits per heavy atom. The molecule has 0 spiro atoms. The molecule has 0 amide bonds. The van der Waals surface area contributed by atoms with Gasteiger partial charge in [0.25, 0.3) is 5.24 Å². The van der Waals surface area contributed by atoms with E-state index in [1.807, 2.05) is 34.6 Å². The van der Waals surface area contributed by atoms with Gasteiger partial charge in [0.05, 0.1) is 12.7 Å². The molecule has 19 heavy (non-hydrogen) atoms. The van der Waals surface area contributed by atoms with Crippen molar-refractivity contribution in [2.24, 2.45) is 0 Å². The SMILES string of the molecule is CC.COC(=O)c1cc(C(=O)Cl)cc(C(C)(C)C)c1. The highest BCUT2D eigenvalue weighted by molar-refractivity contribution is 6.67. The third-order valence-corrected chi connectivity index (χ3v) is 2.67. The maximum atomic E-state index is 11.5. The maximum absolute atomic E-state index is 11.5. The van der Waals surface area contributed by atoms with Gasteiger partial charge in [0.15, 0.2) is 0 Å². The number of carbonyl (C=O) groups is 2. The molecule has 1 aromatic rings. The van der Waals surface area contributed by atoms with Gasteiger partial charge in [-0.25, -0.2) is 4.79 Å². The zero-order chi connectivity index (χ0) is 15.2. The number of hydrogen-bond donors (Lipinski definition) is 0. The lowest BCUT2D eigenvalue weighted by Gasteiger charge is -2.20. The van der Waals surface area contributed by atoms with Crippen molar-refractivity contribution in [1.82, 2.24) is 0 Å². The van der Waals surface area contributed by atoms with E-state index >= 15 is 0 Å². The van der Waals surface area contributed by atoms with Crippen LogP contribution in [0.5, 0.6) is 0 Å². The number of carbonyl (C=O) groups excluding carboxylic acids is 2. The zero-order valence-electron chi connectivity index (χ0n) is 12.3. The van der Waals surface area contributed by atoms with E-state index in [1.165, 1.54) is 13.2 Å². The number of rotatable bonds is 2. The molecule has 0 aliphatic carbocycles. The van der Waals surface area contributed by atoms with Crippen molar-refractivity contribution < 1.29 is 14.3 Å². The molecule has 4 heteroatoms. The van der Waals surface area contributed by atoms with Crippen LogP contribution in [0.3, 0.4) is 0 Å². The third-order valence-electron chi connectivity index (χ3n) is 2.45. The fourth-order valence-electron chi connectivity index (χ4n) is 1.41. The second-order valence-corrected chi connectivity index (χ2v) is 5.16. The van der Waals surface area contributed by atoms with E-state index < -0.39 is 11.2 Å². The summed E-state index contributed by atoms with van der Waals surface area (Å²) < 4.78 is 4.65. The summed E-state index contributed by atoms with van der Waals surface area (Å²) in [4.78, 5) is 22.7. The fraction of sp³-hybridized carbons (Fsp3) is 0.467. The molecule has 0 saturated heterocycles. The van der Waals surface area contributed by atoms with Crippen molar-refractivity contribution in [3.63, 3.8) is 0 Å². The van der Waals surface area contributed by atoms with E-state index in [9.17, 15) is 9.59 Å². The van der Waals surface area contributed by atoms with Crippen LogP contribution in [0, 0.1) is 0 Å². The summed E-state index contributed by atoms with van der Waals surface area (Å²) in [6.45, 7) is 9.98. The number of esters is 1. The van der Waals surface area contributed by atoms with Gasteiger partial charge in [0, 0.05) is 5.56 Å². The first-order chi connectivity index (χ1) is 8.75. The fourth-order valence-corrected chi connectivity index (χ4v) is 1.52. The van der Waals surface area contributed by atoms with Crippen LogP contribution in [0.15, 0.2) is 18.2 Å². The highest BCUT2D eigenvalue weighted by Gasteiger charge is 2.19. The normalized spacial score (nSPS) is 10.3. The van der Waals surface area contributed by atoms with Gasteiger partial charge in [0.1, 0.15) is 0 Å². The van der Waals surface area contributed by atoms with Crippen LogP contribution in [0.1, 0.15) is 60.9 Å². The van der Waals surface area contributed by atoms with E-state index in [4.69, 9.17) is 11.6 Å². The lowest BCUT2D eigenvalue weighted by molar-refractivity contribution is 0.0600. The van der Waals surface area contributed by atoms with Crippen LogP contribution in [-0.2, 0) is 10.2 Å². The Balaban J connectivity index is 0.00000154. The topological polar surface area (TPSA) is 43.4 Å². The summed E-state index contributed by atoms with van der Waals surface area (Å²) in [6, 6.07) is 4.85. The molecule has 1 rings (SSSR count). The molecule has 3 nitrogen and oxygen atoms in total. The Morgan fingerprint density at radius 1 is 1.05 bits per heavy atom. The highest BCUT2D eigenvalue weighted by Crippen LogP contribution is 2.25. The second-order valence-electron chi connectivity index (χ2n) is 4.81. The van der Waals surface area contributed by atoms with Crippen molar-refractivity contribution in [2.75, 3.05) is 7.11 Å². The maximum Gasteiger partial charge on any atom is 0.337 e. The molecule has 0 radical (unpaired) electrons. The molecule has 0 aliphatic heterocycles. The van der Waals surface area contributed by atoms with Crippen LogP contribution in [0.25, 0.3) is 0 Å². The Labute approximate surface area is 119 Å². The standard InChI is InChI=1S/C13H15ClO3.C2H6/c1-13(2,3)10-6-8(11(14)15)5-9(7-10)12(16)17-4;1-2/h5-7H,1-4H3;1-2H3. The predicted octanol–water partition coefficient (Wildman–Crippen LogP) is 4.18. The summed E-state index contributed by atoms with van der Waals surface area (Å²) in [7, 11) is 1.30. The minimum Gasteiger partial charge on any atom is -0.465 e. The molecule has 0 unspecified atom stereocenters. The van der Waals surface area contributed by atoms with Gasteiger partial charge >= 0.3 is 5.97 Å². The van der Waals surface area contributed by atoms with Gasteiger partial charge in [-0.3, -0.25) is 4.79 Å². The minimum absolute atomic E-state index is 0.175. The average molecular weight is 285 g/mol. The molecule has 0 bridgehead atoms. The molecule has 0 N–H and O–H groups in total. The molecule has 106 valence electrons. The molecular formula is C15H21ClO3. The Hall–Kier alpha value is -1.35. The highest BCUT2D eigenvalue weighted by atomic mass is 35.5. The van der Waals surface area contributed by atoms with Gasteiger partial charge in [-0.2, -0.15) is 0 Å². The van der Waals surface area contributed by atoms with Gasteiger partial charge in [0.2, 0.25) is 0 Å². The molecule has 1 aromatic carbocycles. The first-order valence-corrected chi connectivity index (χ1v) is 6.57. The van der Waals surface area contributed by atoms with E-state index in [-0.39, 0.29) is 5.41 Å². The van der Waals surface area contributed by atoms with Crippen molar-refractivity contribution in [3.8, 4) is 0 Å². The third kappa shape index (κ3) is 5.03. The van der Waals surface area contributed by atoms with Crippen molar-refractivity contribution in [2.45, 2.75) is 40.0 Å². The quantitative estimate of drug-likeness (QED) is 0.604. The van der Waals surface area contributed by atoms with Gasteiger partial charge in [-0.05, 0) is 40.8 Å². The number of hydrogen-bond acceptors (Lipinski definition) is 3. The molecule has 0 aromatic heterocycles. The number of halogens is 1. The smallest absolute Gasteiger partial charge is 0.337 e.